The molecule has 0 saturated carbocycles. The van der Waals surface area contributed by atoms with E-state index in [1.54, 1.807) is 40.1 Å². The summed E-state index contributed by atoms with van der Waals surface area (Å²) in [7, 11) is -3.85. The van der Waals surface area contributed by atoms with Crippen LogP contribution in [0.15, 0.2) is 47.4 Å². The number of ether oxygens (including phenoxy) is 2. The Morgan fingerprint density at radius 2 is 1.71 bits per heavy atom. The van der Waals surface area contributed by atoms with Crippen molar-refractivity contribution in [3.63, 3.8) is 0 Å². The van der Waals surface area contributed by atoms with Crippen LogP contribution in [0.5, 0.6) is 11.5 Å². The molecule has 3 heterocycles. The van der Waals surface area contributed by atoms with E-state index >= 15 is 0 Å². The molecule has 2 saturated heterocycles. The van der Waals surface area contributed by atoms with Gasteiger partial charge in [-0.25, -0.2) is 8.42 Å². The average Bonchev–Trinajstić information content (AvgIpc) is 3.29. The number of fused-ring (bicyclic) bond motifs is 1. The Morgan fingerprint density at radius 1 is 1.00 bits per heavy atom. The summed E-state index contributed by atoms with van der Waals surface area (Å²) in [6, 6.07) is 13.3. The summed E-state index contributed by atoms with van der Waals surface area (Å²) in [6.07, 6.45) is 0.0985. The van der Waals surface area contributed by atoms with Gasteiger partial charge in [0.1, 0.15) is 19.3 Å². The summed E-state index contributed by atoms with van der Waals surface area (Å²) in [5, 5.41) is 9.27. The maximum Gasteiger partial charge on any atom is 0.244 e. The summed E-state index contributed by atoms with van der Waals surface area (Å²) in [6.45, 7) is 1.87. The van der Waals surface area contributed by atoms with Crippen LogP contribution < -0.4 is 14.4 Å². The van der Waals surface area contributed by atoms with Crippen molar-refractivity contribution < 1.29 is 27.5 Å². The normalized spacial score (nSPS) is 20.5. The predicted molar refractivity (Wildman–Crippen MR) is 124 cm³/mol. The number of sulfonamides is 1. The second-order valence-corrected chi connectivity index (χ2v) is 10.5. The van der Waals surface area contributed by atoms with Gasteiger partial charge in [-0.3, -0.25) is 9.59 Å². The second kappa shape index (κ2) is 9.20. The fourth-order valence-corrected chi connectivity index (χ4v) is 6.22. The number of amides is 2. The zero-order valence-corrected chi connectivity index (χ0v) is 19.7. The first kappa shape index (κ1) is 23.1. The Morgan fingerprint density at radius 3 is 2.46 bits per heavy atom. The van der Waals surface area contributed by atoms with Crippen LogP contribution in [-0.4, -0.2) is 75.4 Å². The number of hydrogen-bond donors (Lipinski definition) is 0. The number of carbonyl (C=O) groups excluding carboxylic acids is 2. The van der Waals surface area contributed by atoms with Crippen LogP contribution in [0.1, 0.15) is 12.0 Å². The molecule has 182 valence electrons. The van der Waals surface area contributed by atoms with Gasteiger partial charge in [0.15, 0.2) is 11.5 Å². The summed E-state index contributed by atoms with van der Waals surface area (Å²) < 4.78 is 38.5. The highest BCUT2D eigenvalue weighted by molar-refractivity contribution is 7.89. The molecule has 0 bridgehead atoms. The topological polar surface area (TPSA) is 120 Å². The number of rotatable bonds is 4. The monoisotopic (exact) mass is 496 g/mol. The molecule has 3 aliphatic rings. The molecule has 0 radical (unpaired) electrons. The lowest BCUT2D eigenvalue weighted by molar-refractivity contribution is -0.136. The molecule has 1 atom stereocenters. The Balaban J connectivity index is 1.23. The minimum Gasteiger partial charge on any atom is -0.486 e. The maximum atomic E-state index is 13.2. The zero-order chi connectivity index (χ0) is 24.6. The van der Waals surface area contributed by atoms with Crippen LogP contribution in [0.2, 0.25) is 0 Å². The number of benzene rings is 2. The predicted octanol–water partition coefficient (Wildman–Crippen LogP) is 1.22. The molecule has 2 fully saturated rings. The van der Waals surface area contributed by atoms with Crippen molar-refractivity contribution in [3.05, 3.63) is 48.0 Å². The lowest BCUT2D eigenvalue weighted by atomic mass is 10.1. The zero-order valence-electron chi connectivity index (χ0n) is 18.9. The molecule has 5 rings (SSSR count). The van der Waals surface area contributed by atoms with E-state index in [-0.39, 0.29) is 61.4 Å². The molecule has 11 heteroatoms. The Hall–Kier alpha value is -3.62. The van der Waals surface area contributed by atoms with Crippen molar-refractivity contribution in [1.29, 1.82) is 5.26 Å². The molecule has 0 spiro atoms. The molecular formula is C24H24N4O6S. The highest BCUT2D eigenvalue weighted by atomic mass is 32.2. The van der Waals surface area contributed by atoms with Crippen LogP contribution in [-0.2, 0) is 19.6 Å². The maximum absolute atomic E-state index is 13.2. The van der Waals surface area contributed by atoms with Gasteiger partial charge in [-0.1, -0.05) is 12.1 Å². The molecule has 0 aliphatic carbocycles. The number of anilines is 1. The molecule has 0 N–H and O–H groups in total. The smallest absolute Gasteiger partial charge is 0.244 e. The fourth-order valence-electron chi connectivity index (χ4n) is 4.65. The first-order valence-electron chi connectivity index (χ1n) is 11.4. The van der Waals surface area contributed by atoms with Gasteiger partial charge in [0.05, 0.1) is 16.4 Å². The third-order valence-corrected chi connectivity index (χ3v) is 8.44. The van der Waals surface area contributed by atoms with Crippen LogP contribution in [0.4, 0.5) is 5.69 Å². The summed E-state index contributed by atoms with van der Waals surface area (Å²) in [4.78, 5) is 29.1. The third kappa shape index (κ3) is 4.31. The van der Waals surface area contributed by atoms with E-state index in [0.29, 0.717) is 30.4 Å². The first-order valence-corrected chi connectivity index (χ1v) is 12.8. The van der Waals surface area contributed by atoms with Crippen molar-refractivity contribution >= 4 is 27.5 Å². The van der Waals surface area contributed by atoms with Crippen LogP contribution in [0.25, 0.3) is 0 Å². The third-order valence-electron chi connectivity index (χ3n) is 6.49. The molecular weight excluding hydrogens is 472 g/mol. The van der Waals surface area contributed by atoms with Crippen LogP contribution in [0, 0.1) is 17.2 Å². The Bertz CT molecular complexity index is 1310. The highest BCUT2D eigenvalue weighted by Crippen LogP contribution is 2.36. The van der Waals surface area contributed by atoms with Crippen molar-refractivity contribution in [3.8, 4) is 17.6 Å². The van der Waals surface area contributed by atoms with Crippen LogP contribution in [0.3, 0.4) is 0 Å². The molecule has 2 amide bonds. The fraction of sp³-hybridized carbons (Fsp3) is 0.375. The standard InChI is InChI=1S/C24H24N4O6S/c25-15-17-3-1-2-4-22(17)35(31,32)27-9-7-26(8-10-27)24(30)18-13-23(29)28(16-18)19-5-6-20-21(14-19)34-12-11-33-20/h1-6,14,18H,7-13,16H2/t18-/m0/s1. The van der Waals surface area contributed by atoms with Crippen molar-refractivity contribution in [2.45, 2.75) is 11.3 Å². The van der Waals surface area contributed by atoms with Gasteiger partial charge in [0.25, 0.3) is 0 Å². The van der Waals surface area contributed by atoms with Crippen molar-refractivity contribution in [2.24, 2.45) is 5.92 Å². The summed E-state index contributed by atoms with van der Waals surface area (Å²) >= 11 is 0. The molecule has 3 aliphatic heterocycles. The minimum absolute atomic E-state index is 0.0289. The number of piperazine rings is 1. The van der Waals surface area contributed by atoms with Gasteiger partial charge >= 0.3 is 0 Å². The molecule has 0 unspecified atom stereocenters. The largest absolute Gasteiger partial charge is 0.486 e. The van der Waals surface area contributed by atoms with Gasteiger partial charge in [-0.15, -0.1) is 0 Å². The number of carbonyl (C=O) groups is 2. The van der Waals surface area contributed by atoms with Gasteiger partial charge in [-0.2, -0.15) is 9.57 Å². The van der Waals surface area contributed by atoms with E-state index in [1.165, 1.54) is 16.4 Å². The highest BCUT2D eigenvalue weighted by Gasteiger charge is 2.39. The van der Waals surface area contributed by atoms with Gasteiger partial charge in [0.2, 0.25) is 21.8 Å². The quantitative estimate of drug-likeness (QED) is 0.624. The van der Waals surface area contributed by atoms with Gasteiger partial charge in [-0.05, 0) is 24.3 Å². The molecule has 2 aromatic carbocycles. The number of nitriles is 1. The summed E-state index contributed by atoms with van der Waals surface area (Å²) in [5.41, 5.74) is 0.747. The molecule has 2 aromatic rings. The second-order valence-electron chi connectivity index (χ2n) is 8.57. The number of hydrogen-bond acceptors (Lipinski definition) is 7. The van der Waals surface area contributed by atoms with E-state index in [1.807, 2.05) is 6.07 Å². The lowest BCUT2D eigenvalue weighted by Gasteiger charge is -2.35. The molecule has 10 nitrogen and oxygen atoms in total. The minimum atomic E-state index is -3.85. The first-order chi connectivity index (χ1) is 16.9. The molecule has 35 heavy (non-hydrogen) atoms. The average molecular weight is 497 g/mol. The Labute approximate surface area is 203 Å². The Kier molecular flexibility index (Phi) is 6.08. The SMILES string of the molecule is N#Cc1ccccc1S(=O)(=O)N1CCN(C(=O)[C@H]2CC(=O)N(c3ccc4c(c3)OCCO4)C2)CC1. The van der Waals surface area contributed by atoms with Crippen molar-refractivity contribution in [2.75, 3.05) is 50.8 Å². The van der Waals surface area contributed by atoms with E-state index in [4.69, 9.17) is 9.47 Å². The van der Waals surface area contributed by atoms with Gasteiger partial charge in [0, 0.05) is 50.9 Å². The van der Waals surface area contributed by atoms with E-state index in [9.17, 15) is 23.3 Å². The van der Waals surface area contributed by atoms with E-state index in [0.717, 1.165) is 0 Å². The van der Waals surface area contributed by atoms with E-state index < -0.39 is 15.9 Å². The van der Waals surface area contributed by atoms with E-state index in [2.05, 4.69) is 0 Å². The van der Waals surface area contributed by atoms with Gasteiger partial charge < -0.3 is 19.3 Å². The lowest BCUT2D eigenvalue weighted by Crippen LogP contribution is -2.52. The van der Waals surface area contributed by atoms with Crippen molar-refractivity contribution in [1.82, 2.24) is 9.21 Å². The summed E-state index contributed by atoms with van der Waals surface area (Å²) in [5.74, 6) is 0.400. The number of nitrogens with zero attached hydrogens (tertiary/aromatic N) is 4. The van der Waals surface area contributed by atoms with Crippen LogP contribution >= 0.6 is 0 Å². The molecule has 0 aromatic heterocycles.